The van der Waals surface area contributed by atoms with Crippen LogP contribution in [0.1, 0.15) is 40.0 Å². The SMILES string of the molecule is CCC(C[C@H](C)CC)OS(C)(=O)=O. The van der Waals surface area contributed by atoms with Crippen LogP contribution in [0.2, 0.25) is 0 Å². The Morgan fingerprint density at radius 1 is 1.23 bits per heavy atom. The Balaban J connectivity index is 4.05. The van der Waals surface area contributed by atoms with Gasteiger partial charge in [-0.15, -0.1) is 0 Å². The minimum absolute atomic E-state index is 0.148. The standard InChI is InChI=1S/C9H20O3S/c1-5-8(3)7-9(6-2)12-13(4,10)11/h8-9H,5-7H2,1-4H3/t8-,9?/m1/s1. The fourth-order valence-corrected chi connectivity index (χ4v) is 1.85. The molecule has 0 saturated heterocycles. The second-order valence-electron chi connectivity index (χ2n) is 3.58. The number of rotatable bonds is 6. The third-order valence-electron chi connectivity index (χ3n) is 2.13. The van der Waals surface area contributed by atoms with Crippen molar-refractivity contribution in [2.24, 2.45) is 5.92 Å². The fraction of sp³-hybridized carbons (Fsp3) is 1.00. The molecule has 0 aromatic heterocycles. The van der Waals surface area contributed by atoms with Crippen molar-refractivity contribution in [3.05, 3.63) is 0 Å². The van der Waals surface area contributed by atoms with Crippen LogP contribution >= 0.6 is 0 Å². The molecule has 0 heterocycles. The first kappa shape index (κ1) is 12.9. The van der Waals surface area contributed by atoms with Crippen LogP contribution in [-0.4, -0.2) is 20.8 Å². The van der Waals surface area contributed by atoms with Crippen molar-refractivity contribution in [3.63, 3.8) is 0 Å². The topological polar surface area (TPSA) is 43.4 Å². The largest absolute Gasteiger partial charge is 0.267 e. The van der Waals surface area contributed by atoms with Crippen LogP contribution in [0.15, 0.2) is 0 Å². The van der Waals surface area contributed by atoms with Gasteiger partial charge in [0.25, 0.3) is 10.1 Å². The first-order valence-corrected chi connectivity index (χ1v) is 6.59. The minimum atomic E-state index is -3.29. The van der Waals surface area contributed by atoms with Gasteiger partial charge in [-0.3, -0.25) is 4.18 Å². The summed E-state index contributed by atoms with van der Waals surface area (Å²) in [6.07, 6.45) is 3.58. The number of hydrogen-bond donors (Lipinski definition) is 0. The van der Waals surface area contributed by atoms with Crippen LogP contribution < -0.4 is 0 Å². The van der Waals surface area contributed by atoms with Gasteiger partial charge in [0, 0.05) is 0 Å². The van der Waals surface area contributed by atoms with Crippen molar-refractivity contribution in [2.45, 2.75) is 46.1 Å². The summed E-state index contributed by atoms with van der Waals surface area (Å²) in [7, 11) is -3.29. The molecule has 0 amide bonds. The molecule has 0 aliphatic rings. The summed E-state index contributed by atoms with van der Waals surface area (Å²) >= 11 is 0. The molecule has 4 heteroatoms. The molecule has 0 aromatic rings. The molecular weight excluding hydrogens is 188 g/mol. The van der Waals surface area contributed by atoms with Gasteiger partial charge in [-0.1, -0.05) is 27.2 Å². The molecule has 0 spiro atoms. The molecule has 0 aliphatic carbocycles. The van der Waals surface area contributed by atoms with Crippen molar-refractivity contribution >= 4 is 10.1 Å². The third-order valence-corrected chi connectivity index (χ3v) is 2.75. The molecule has 0 saturated carbocycles. The third kappa shape index (κ3) is 7.02. The van der Waals surface area contributed by atoms with Crippen molar-refractivity contribution in [1.82, 2.24) is 0 Å². The Hall–Kier alpha value is -0.0900. The first-order chi connectivity index (χ1) is 5.89. The summed E-state index contributed by atoms with van der Waals surface area (Å²) in [5.74, 6) is 0.520. The molecule has 13 heavy (non-hydrogen) atoms. The Morgan fingerprint density at radius 2 is 1.77 bits per heavy atom. The van der Waals surface area contributed by atoms with E-state index >= 15 is 0 Å². The van der Waals surface area contributed by atoms with Crippen molar-refractivity contribution < 1.29 is 12.6 Å². The van der Waals surface area contributed by atoms with Gasteiger partial charge < -0.3 is 0 Å². The van der Waals surface area contributed by atoms with Gasteiger partial charge in [0.15, 0.2) is 0 Å². The van der Waals surface area contributed by atoms with Crippen LogP contribution in [0.4, 0.5) is 0 Å². The van der Waals surface area contributed by atoms with Crippen LogP contribution in [0.5, 0.6) is 0 Å². The molecule has 0 fully saturated rings. The van der Waals surface area contributed by atoms with Crippen LogP contribution in [-0.2, 0) is 14.3 Å². The van der Waals surface area contributed by atoms with Crippen LogP contribution in [0.25, 0.3) is 0 Å². The highest BCUT2D eigenvalue weighted by Gasteiger charge is 2.15. The zero-order valence-corrected chi connectivity index (χ0v) is 9.73. The van der Waals surface area contributed by atoms with E-state index in [1.165, 1.54) is 0 Å². The Kier molecular flexibility index (Phi) is 5.56. The predicted molar refractivity (Wildman–Crippen MR) is 54.1 cm³/mol. The van der Waals surface area contributed by atoms with E-state index in [0.29, 0.717) is 5.92 Å². The van der Waals surface area contributed by atoms with E-state index in [4.69, 9.17) is 4.18 Å². The average molecular weight is 208 g/mol. The molecule has 0 aromatic carbocycles. The second-order valence-corrected chi connectivity index (χ2v) is 5.18. The minimum Gasteiger partial charge on any atom is -0.267 e. The van der Waals surface area contributed by atoms with Crippen molar-refractivity contribution in [2.75, 3.05) is 6.26 Å². The molecular formula is C9H20O3S. The average Bonchev–Trinajstić information content (AvgIpc) is 2.00. The molecule has 1 unspecified atom stereocenters. The zero-order valence-electron chi connectivity index (χ0n) is 8.91. The highest BCUT2D eigenvalue weighted by atomic mass is 32.2. The first-order valence-electron chi connectivity index (χ1n) is 4.77. The molecule has 80 valence electrons. The van der Waals surface area contributed by atoms with Gasteiger partial charge in [0.05, 0.1) is 12.4 Å². The van der Waals surface area contributed by atoms with Gasteiger partial charge >= 0.3 is 0 Å². The van der Waals surface area contributed by atoms with E-state index < -0.39 is 10.1 Å². The summed E-state index contributed by atoms with van der Waals surface area (Å²) in [5, 5.41) is 0. The van der Waals surface area contributed by atoms with Gasteiger partial charge in [0.1, 0.15) is 0 Å². The lowest BCUT2D eigenvalue weighted by atomic mass is 10.00. The molecule has 0 radical (unpaired) electrons. The zero-order chi connectivity index (χ0) is 10.5. The highest BCUT2D eigenvalue weighted by Crippen LogP contribution is 2.16. The van der Waals surface area contributed by atoms with Crippen molar-refractivity contribution in [1.29, 1.82) is 0 Å². The van der Waals surface area contributed by atoms with Crippen molar-refractivity contribution in [3.8, 4) is 0 Å². The predicted octanol–water partition coefficient (Wildman–Crippen LogP) is 2.18. The molecule has 0 rings (SSSR count). The summed E-state index contributed by atoms with van der Waals surface area (Å²) in [6, 6.07) is 0. The summed E-state index contributed by atoms with van der Waals surface area (Å²) in [6.45, 7) is 6.14. The summed E-state index contributed by atoms with van der Waals surface area (Å²) in [5.41, 5.74) is 0. The maximum absolute atomic E-state index is 10.8. The summed E-state index contributed by atoms with van der Waals surface area (Å²) in [4.78, 5) is 0. The molecule has 3 nitrogen and oxygen atoms in total. The Labute approximate surface area is 81.6 Å². The maximum Gasteiger partial charge on any atom is 0.264 e. The molecule has 2 atom stereocenters. The van der Waals surface area contributed by atoms with Crippen LogP contribution in [0, 0.1) is 5.92 Å². The van der Waals surface area contributed by atoms with E-state index in [1.807, 2.05) is 6.92 Å². The van der Waals surface area contributed by atoms with E-state index in [-0.39, 0.29) is 6.10 Å². The Morgan fingerprint density at radius 3 is 2.08 bits per heavy atom. The molecule has 0 N–H and O–H groups in total. The van der Waals surface area contributed by atoms with E-state index in [2.05, 4.69) is 13.8 Å². The lowest BCUT2D eigenvalue weighted by Crippen LogP contribution is -2.19. The maximum atomic E-state index is 10.8. The van der Waals surface area contributed by atoms with Gasteiger partial charge in [-0.05, 0) is 18.8 Å². The van der Waals surface area contributed by atoms with E-state index in [9.17, 15) is 8.42 Å². The quantitative estimate of drug-likeness (QED) is 0.628. The monoisotopic (exact) mass is 208 g/mol. The smallest absolute Gasteiger partial charge is 0.264 e. The lowest BCUT2D eigenvalue weighted by molar-refractivity contribution is 0.174. The molecule has 0 aliphatic heterocycles. The lowest BCUT2D eigenvalue weighted by Gasteiger charge is -2.17. The summed E-state index contributed by atoms with van der Waals surface area (Å²) < 4.78 is 26.6. The second kappa shape index (κ2) is 5.60. The van der Waals surface area contributed by atoms with Gasteiger partial charge in [-0.25, -0.2) is 0 Å². The number of hydrogen-bond acceptors (Lipinski definition) is 3. The normalized spacial score (nSPS) is 16.9. The van der Waals surface area contributed by atoms with E-state index in [1.54, 1.807) is 0 Å². The van der Waals surface area contributed by atoms with Gasteiger partial charge in [0.2, 0.25) is 0 Å². The highest BCUT2D eigenvalue weighted by molar-refractivity contribution is 7.86. The van der Waals surface area contributed by atoms with Gasteiger partial charge in [-0.2, -0.15) is 8.42 Å². The fourth-order valence-electron chi connectivity index (χ4n) is 1.14. The van der Waals surface area contributed by atoms with Crippen LogP contribution in [0.3, 0.4) is 0 Å². The van der Waals surface area contributed by atoms with E-state index in [0.717, 1.165) is 25.5 Å². The Bertz CT molecular complexity index is 221. The molecule has 0 bridgehead atoms.